The van der Waals surface area contributed by atoms with E-state index in [4.69, 9.17) is 0 Å². The van der Waals surface area contributed by atoms with Crippen LogP contribution in [-0.4, -0.2) is 34.5 Å². The Hall–Kier alpha value is -0.862. The van der Waals surface area contributed by atoms with Gasteiger partial charge in [0, 0.05) is 21.1 Å². The molecule has 114 valence electrons. The van der Waals surface area contributed by atoms with Crippen molar-refractivity contribution in [1.82, 2.24) is 20.2 Å². The minimum absolute atomic E-state index is 0. The average molecular weight is 510 g/mol. The molecule has 2 aromatic rings. The molecule has 0 unspecified atom stereocenters. The first-order chi connectivity index (χ1) is 9.90. The summed E-state index contributed by atoms with van der Waals surface area (Å²) >= 11 is 0. The number of rotatable bonds is 2. The molecule has 0 atom stereocenters. The number of hydrogen-bond donors (Lipinski definition) is 0. The average Bonchev–Trinajstić information content (AvgIpc) is 2.94. The van der Waals surface area contributed by atoms with Crippen molar-refractivity contribution >= 4 is 27.8 Å². The fourth-order valence-electron chi connectivity index (χ4n) is 2.06. The quantitative estimate of drug-likeness (QED) is 0.340. The number of sulfone groups is 1. The standard InChI is InChI=1S/C12H10N5O3S.Na.W/c1-7-9(11(18)13-12-14-15-16-17(12)2)4-3-8-5-6-21(19,20)10(7)8;;/h4-6H,1-2H3,(H,13,14,16,18);;/q-1;+1;/p-1. The molecule has 23 heavy (non-hydrogen) atoms. The summed E-state index contributed by atoms with van der Waals surface area (Å²) in [6.45, 7) is 1.56. The Labute approximate surface area is 169 Å². The molecule has 1 aliphatic heterocycles. The predicted molar refractivity (Wildman–Crippen MR) is 72.4 cm³/mol. The van der Waals surface area contributed by atoms with Crippen LogP contribution in [0.1, 0.15) is 21.5 Å². The zero-order valence-electron chi connectivity index (χ0n) is 12.5. The van der Waals surface area contributed by atoms with E-state index in [-0.39, 0.29) is 67.0 Å². The molecule has 0 saturated heterocycles. The van der Waals surface area contributed by atoms with Crippen LogP contribution in [0.15, 0.2) is 16.4 Å². The zero-order valence-corrected chi connectivity index (χ0v) is 18.3. The summed E-state index contributed by atoms with van der Waals surface area (Å²) in [4.78, 5) is 12.3. The summed E-state index contributed by atoms with van der Waals surface area (Å²) in [7, 11) is -1.97. The van der Waals surface area contributed by atoms with Gasteiger partial charge in [0.15, 0.2) is 15.7 Å². The van der Waals surface area contributed by atoms with E-state index >= 15 is 0 Å². The number of amides is 1. The van der Waals surface area contributed by atoms with Crippen LogP contribution in [0.25, 0.3) is 11.4 Å². The van der Waals surface area contributed by atoms with Gasteiger partial charge in [-0.25, -0.2) is 8.42 Å². The minimum Gasteiger partial charge on any atom is -0.329 e. The number of benzene rings is 1. The van der Waals surface area contributed by atoms with E-state index in [0.717, 1.165) is 5.41 Å². The Morgan fingerprint density at radius 2 is 2.09 bits per heavy atom. The molecule has 1 aromatic carbocycles. The van der Waals surface area contributed by atoms with Crippen molar-refractivity contribution in [3.05, 3.63) is 39.5 Å². The van der Waals surface area contributed by atoms with E-state index in [0.29, 0.717) is 11.1 Å². The molecule has 0 N–H and O–H groups in total. The van der Waals surface area contributed by atoms with Gasteiger partial charge in [-0.05, 0) is 17.4 Å². The SMILES string of the molecule is Cc1c(C(=O)[N-]c2nnnn2C)c[c-]c2c1S(=O)(=O)C=C2.[Na+].[W]. The van der Waals surface area contributed by atoms with Crippen LogP contribution in [0.4, 0.5) is 5.95 Å². The number of fused-ring (bicyclic) bond motifs is 1. The fourth-order valence-corrected chi connectivity index (χ4v) is 3.48. The van der Waals surface area contributed by atoms with Gasteiger partial charge in [-0.15, -0.1) is 39.8 Å². The van der Waals surface area contributed by atoms with Gasteiger partial charge in [0.05, 0.1) is 5.95 Å². The van der Waals surface area contributed by atoms with E-state index in [1.165, 1.54) is 16.8 Å². The molecule has 0 aliphatic carbocycles. The smallest absolute Gasteiger partial charge is 0.329 e. The van der Waals surface area contributed by atoms with Gasteiger partial charge in [-0.3, -0.25) is 9.89 Å². The maximum atomic E-state index is 12.2. The van der Waals surface area contributed by atoms with Gasteiger partial charge in [0.2, 0.25) is 0 Å². The second-order valence-corrected chi connectivity index (χ2v) is 6.21. The molecule has 3 rings (SSSR count). The molecule has 0 fully saturated rings. The van der Waals surface area contributed by atoms with E-state index in [1.54, 1.807) is 14.0 Å². The normalized spacial score (nSPS) is 13.7. The monoisotopic (exact) mass is 510 g/mol. The van der Waals surface area contributed by atoms with Crippen molar-refractivity contribution in [1.29, 1.82) is 0 Å². The largest absolute Gasteiger partial charge is 1.00 e. The third-order valence-electron chi connectivity index (χ3n) is 3.09. The van der Waals surface area contributed by atoms with Crippen molar-refractivity contribution in [2.45, 2.75) is 11.8 Å². The number of nitrogens with zero attached hydrogens (tertiary/aromatic N) is 5. The number of hydrogen-bond acceptors (Lipinski definition) is 6. The summed E-state index contributed by atoms with van der Waals surface area (Å²) in [5.41, 5.74) is 0.950. The van der Waals surface area contributed by atoms with Gasteiger partial charge >= 0.3 is 29.6 Å². The van der Waals surface area contributed by atoms with Crippen molar-refractivity contribution in [2.75, 3.05) is 0 Å². The number of tetrazole rings is 1. The third kappa shape index (κ3) is 3.64. The molecule has 1 aromatic heterocycles. The van der Waals surface area contributed by atoms with Crippen LogP contribution in [0.2, 0.25) is 0 Å². The van der Waals surface area contributed by atoms with E-state index in [1.807, 2.05) is 0 Å². The zero-order chi connectivity index (χ0) is 15.2. The van der Waals surface area contributed by atoms with E-state index in [2.05, 4.69) is 26.9 Å². The van der Waals surface area contributed by atoms with Crippen LogP contribution < -0.4 is 29.6 Å². The fraction of sp³-hybridized carbons (Fsp3) is 0.167. The molecule has 0 saturated carbocycles. The molecular weight excluding hydrogens is 501 g/mol. The Morgan fingerprint density at radius 3 is 2.70 bits per heavy atom. The Balaban J connectivity index is 0.00000132. The Morgan fingerprint density at radius 1 is 1.39 bits per heavy atom. The number of aromatic nitrogens is 4. The van der Waals surface area contributed by atoms with Gasteiger partial charge < -0.3 is 10.00 Å². The van der Waals surface area contributed by atoms with Crippen LogP contribution in [0.5, 0.6) is 0 Å². The first-order valence-corrected chi connectivity index (χ1v) is 7.41. The van der Waals surface area contributed by atoms with Crippen LogP contribution in [0.3, 0.4) is 0 Å². The number of carbonyl (C=O) groups excluding carboxylic acids is 1. The van der Waals surface area contributed by atoms with Crippen molar-refractivity contribution in [3.8, 4) is 0 Å². The second-order valence-electron chi connectivity index (χ2n) is 4.44. The minimum atomic E-state index is -3.51. The van der Waals surface area contributed by atoms with Crippen molar-refractivity contribution in [3.63, 3.8) is 0 Å². The van der Waals surface area contributed by atoms with E-state index in [9.17, 15) is 13.2 Å². The van der Waals surface area contributed by atoms with Crippen LogP contribution >= 0.6 is 0 Å². The van der Waals surface area contributed by atoms with Gasteiger partial charge in [-0.2, -0.15) is 0 Å². The molecular formula is C12H9N5NaO3SW-. The maximum Gasteiger partial charge on any atom is 1.00 e. The number of aryl methyl sites for hydroxylation is 1. The predicted octanol–water partition coefficient (Wildman–Crippen LogP) is -2.08. The molecule has 0 radical (unpaired) electrons. The molecule has 11 heteroatoms. The first kappa shape index (κ1) is 20.2. The molecule has 2 heterocycles. The third-order valence-corrected chi connectivity index (χ3v) is 4.68. The summed E-state index contributed by atoms with van der Waals surface area (Å²) in [6.07, 6.45) is 1.45. The molecule has 8 nitrogen and oxygen atoms in total. The number of carbonyl (C=O) groups is 1. The topological polar surface area (TPSA) is 109 Å². The van der Waals surface area contributed by atoms with Gasteiger partial charge in [-0.1, -0.05) is 12.5 Å². The summed E-state index contributed by atoms with van der Waals surface area (Å²) in [6, 6.07) is 4.21. The summed E-state index contributed by atoms with van der Waals surface area (Å²) < 4.78 is 25.1. The Kier molecular flexibility index (Phi) is 6.46. The second kappa shape index (κ2) is 7.36. The van der Waals surface area contributed by atoms with Crippen LogP contribution in [0, 0.1) is 13.0 Å². The van der Waals surface area contributed by atoms with Gasteiger partial charge in [0.25, 0.3) is 0 Å². The van der Waals surface area contributed by atoms with Gasteiger partial charge in [0.1, 0.15) is 0 Å². The van der Waals surface area contributed by atoms with Crippen molar-refractivity contribution < 1.29 is 63.8 Å². The molecule has 0 spiro atoms. The molecule has 1 amide bonds. The van der Waals surface area contributed by atoms with Crippen LogP contribution in [-0.2, 0) is 38.0 Å². The summed E-state index contributed by atoms with van der Waals surface area (Å²) in [5, 5.41) is 15.4. The summed E-state index contributed by atoms with van der Waals surface area (Å²) in [5.74, 6) is -0.576. The molecule has 1 aliphatic rings. The molecule has 0 bridgehead atoms. The van der Waals surface area contributed by atoms with E-state index < -0.39 is 15.7 Å². The first-order valence-electron chi connectivity index (χ1n) is 5.87. The Bertz CT molecular complexity index is 894. The maximum absolute atomic E-state index is 12.2. The van der Waals surface area contributed by atoms with Crippen molar-refractivity contribution in [2.24, 2.45) is 7.05 Å².